The van der Waals surface area contributed by atoms with Crippen LogP contribution in [0.1, 0.15) is 22.3 Å². The number of amides is 3. The van der Waals surface area contributed by atoms with E-state index in [1.165, 1.54) is 13.2 Å². The quantitative estimate of drug-likeness (QED) is 0.540. The average molecular weight is 464 g/mol. The first kappa shape index (κ1) is 23.1. The zero-order chi connectivity index (χ0) is 24.1. The summed E-state index contributed by atoms with van der Waals surface area (Å²) < 4.78 is 24.8. The molecule has 8 heteroatoms. The maximum absolute atomic E-state index is 14.1. The molecule has 1 aliphatic heterocycles. The summed E-state index contributed by atoms with van der Waals surface area (Å²) in [5, 5.41) is 2.86. The van der Waals surface area contributed by atoms with Crippen molar-refractivity contribution in [1.82, 2.24) is 4.90 Å². The number of benzene rings is 3. The molecule has 4 rings (SSSR count). The van der Waals surface area contributed by atoms with Crippen LogP contribution in [0.5, 0.6) is 11.5 Å². The standard InChI is InChI=1S/C26H26FN3O4/c1-33-21-11-8-18(9-12-21)25(31)28-20-10-13-24(34-2)23(16-20)30-15-5-14-29(26(30)32)17-19-6-3-4-7-22(19)27/h3-4,6-13,16H,5,14-15,17H2,1-2H3,(H,28,31). The summed E-state index contributed by atoms with van der Waals surface area (Å²) >= 11 is 0. The van der Waals surface area contributed by atoms with Crippen molar-refractivity contribution in [3.05, 3.63) is 83.7 Å². The highest BCUT2D eigenvalue weighted by Gasteiger charge is 2.29. The summed E-state index contributed by atoms with van der Waals surface area (Å²) in [6.07, 6.45) is 0.714. The van der Waals surface area contributed by atoms with E-state index in [1.54, 1.807) is 77.6 Å². The molecule has 1 saturated heterocycles. The second-order valence-corrected chi connectivity index (χ2v) is 7.87. The molecule has 0 saturated carbocycles. The second kappa shape index (κ2) is 10.2. The van der Waals surface area contributed by atoms with Crippen molar-refractivity contribution in [1.29, 1.82) is 0 Å². The van der Waals surface area contributed by atoms with Crippen LogP contribution in [0.3, 0.4) is 0 Å². The molecule has 0 aromatic heterocycles. The van der Waals surface area contributed by atoms with E-state index in [4.69, 9.17) is 9.47 Å². The highest BCUT2D eigenvalue weighted by Crippen LogP contribution is 2.34. The van der Waals surface area contributed by atoms with Crippen molar-refractivity contribution < 1.29 is 23.5 Å². The molecule has 1 fully saturated rings. The van der Waals surface area contributed by atoms with Crippen LogP contribution >= 0.6 is 0 Å². The number of urea groups is 1. The molecule has 34 heavy (non-hydrogen) atoms. The van der Waals surface area contributed by atoms with E-state index in [9.17, 15) is 14.0 Å². The number of rotatable bonds is 7. The van der Waals surface area contributed by atoms with E-state index >= 15 is 0 Å². The summed E-state index contributed by atoms with van der Waals surface area (Å²) in [4.78, 5) is 29.2. The van der Waals surface area contributed by atoms with E-state index in [-0.39, 0.29) is 24.3 Å². The number of nitrogens with zero attached hydrogens (tertiary/aromatic N) is 2. The fraction of sp³-hybridized carbons (Fsp3) is 0.231. The minimum absolute atomic E-state index is 0.179. The number of carbonyl (C=O) groups excluding carboxylic acids is 2. The molecule has 1 aliphatic rings. The summed E-state index contributed by atoms with van der Waals surface area (Å²) in [6, 6.07) is 18.1. The molecule has 1 N–H and O–H groups in total. The maximum Gasteiger partial charge on any atom is 0.324 e. The lowest BCUT2D eigenvalue weighted by Crippen LogP contribution is -2.49. The Bertz CT molecular complexity index is 1180. The molecule has 0 radical (unpaired) electrons. The predicted octanol–water partition coefficient (Wildman–Crippen LogP) is 4.93. The van der Waals surface area contributed by atoms with Gasteiger partial charge >= 0.3 is 6.03 Å². The first-order valence-corrected chi connectivity index (χ1v) is 10.9. The van der Waals surface area contributed by atoms with Crippen molar-refractivity contribution in [2.24, 2.45) is 0 Å². The van der Waals surface area contributed by atoms with Gasteiger partial charge < -0.3 is 19.7 Å². The van der Waals surface area contributed by atoms with Gasteiger partial charge in [-0.25, -0.2) is 9.18 Å². The van der Waals surface area contributed by atoms with Crippen LogP contribution in [0.15, 0.2) is 66.7 Å². The Morgan fingerprint density at radius 1 is 1.00 bits per heavy atom. The molecule has 0 spiro atoms. The zero-order valence-electron chi connectivity index (χ0n) is 19.1. The first-order chi connectivity index (χ1) is 16.5. The summed E-state index contributed by atoms with van der Waals surface area (Å²) in [5.41, 5.74) is 2.00. The summed E-state index contributed by atoms with van der Waals surface area (Å²) in [7, 11) is 3.09. The fourth-order valence-corrected chi connectivity index (χ4v) is 3.91. The highest BCUT2D eigenvalue weighted by molar-refractivity contribution is 6.05. The average Bonchev–Trinajstić information content (AvgIpc) is 2.86. The number of hydrogen-bond donors (Lipinski definition) is 1. The van der Waals surface area contributed by atoms with Crippen LogP contribution in [0.25, 0.3) is 0 Å². The van der Waals surface area contributed by atoms with Gasteiger partial charge in [0.05, 0.1) is 26.5 Å². The number of carbonyl (C=O) groups is 2. The topological polar surface area (TPSA) is 71.1 Å². The Labute approximate surface area is 197 Å². The molecule has 1 heterocycles. The third kappa shape index (κ3) is 4.96. The first-order valence-electron chi connectivity index (χ1n) is 10.9. The van der Waals surface area contributed by atoms with Crippen molar-refractivity contribution in [2.45, 2.75) is 13.0 Å². The Balaban J connectivity index is 1.55. The Hall–Kier alpha value is -4.07. The lowest BCUT2D eigenvalue weighted by atomic mass is 10.1. The molecular formula is C26H26FN3O4. The summed E-state index contributed by atoms with van der Waals surface area (Å²) in [6.45, 7) is 1.19. The van der Waals surface area contributed by atoms with Crippen molar-refractivity contribution in [2.75, 3.05) is 37.5 Å². The minimum Gasteiger partial charge on any atom is -0.497 e. The highest BCUT2D eigenvalue weighted by atomic mass is 19.1. The van der Waals surface area contributed by atoms with E-state index < -0.39 is 0 Å². The lowest BCUT2D eigenvalue weighted by molar-refractivity contribution is 0.102. The van der Waals surface area contributed by atoms with Crippen LogP contribution in [0, 0.1) is 5.82 Å². The molecule has 0 atom stereocenters. The van der Waals surface area contributed by atoms with Crippen LogP contribution in [-0.2, 0) is 6.54 Å². The van der Waals surface area contributed by atoms with E-state index in [0.29, 0.717) is 53.5 Å². The number of methoxy groups -OCH3 is 2. The minimum atomic E-state index is -0.340. The van der Waals surface area contributed by atoms with Gasteiger partial charge in [0, 0.05) is 29.9 Å². The number of hydrogen-bond acceptors (Lipinski definition) is 4. The van der Waals surface area contributed by atoms with Crippen LogP contribution < -0.4 is 19.7 Å². The van der Waals surface area contributed by atoms with Gasteiger partial charge in [-0.1, -0.05) is 18.2 Å². The monoisotopic (exact) mass is 463 g/mol. The van der Waals surface area contributed by atoms with Gasteiger partial charge in [-0.05, 0) is 55.0 Å². The Morgan fingerprint density at radius 3 is 2.47 bits per heavy atom. The van der Waals surface area contributed by atoms with Crippen molar-refractivity contribution >= 4 is 23.3 Å². The lowest BCUT2D eigenvalue weighted by Gasteiger charge is -2.36. The zero-order valence-corrected chi connectivity index (χ0v) is 19.1. The molecular weight excluding hydrogens is 437 g/mol. The van der Waals surface area contributed by atoms with Gasteiger partial charge in [-0.15, -0.1) is 0 Å². The molecule has 3 aromatic carbocycles. The van der Waals surface area contributed by atoms with E-state index in [2.05, 4.69) is 5.32 Å². The predicted molar refractivity (Wildman–Crippen MR) is 128 cm³/mol. The number of anilines is 2. The molecule has 3 amide bonds. The van der Waals surface area contributed by atoms with Gasteiger partial charge in [0.1, 0.15) is 17.3 Å². The van der Waals surface area contributed by atoms with Crippen LogP contribution in [-0.4, -0.2) is 44.1 Å². The molecule has 176 valence electrons. The van der Waals surface area contributed by atoms with Crippen molar-refractivity contribution in [3.8, 4) is 11.5 Å². The molecule has 3 aromatic rings. The van der Waals surface area contributed by atoms with Gasteiger partial charge in [0.2, 0.25) is 0 Å². The van der Waals surface area contributed by atoms with Gasteiger partial charge in [-0.3, -0.25) is 9.69 Å². The number of nitrogens with one attached hydrogen (secondary N) is 1. The molecule has 0 aliphatic carbocycles. The molecule has 0 bridgehead atoms. The third-order valence-corrected chi connectivity index (χ3v) is 5.71. The molecule has 0 unspecified atom stereocenters. The molecule has 7 nitrogen and oxygen atoms in total. The third-order valence-electron chi connectivity index (χ3n) is 5.71. The van der Waals surface area contributed by atoms with E-state index in [1.807, 2.05) is 0 Å². The van der Waals surface area contributed by atoms with Crippen LogP contribution in [0.4, 0.5) is 20.6 Å². The largest absolute Gasteiger partial charge is 0.497 e. The Kier molecular flexibility index (Phi) is 6.96. The second-order valence-electron chi connectivity index (χ2n) is 7.87. The van der Waals surface area contributed by atoms with Crippen molar-refractivity contribution in [3.63, 3.8) is 0 Å². The Morgan fingerprint density at radius 2 is 1.76 bits per heavy atom. The van der Waals surface area contributed by atoms with Gasteiger partial charge in [0.25, 0.3) is 5.91 Å². The van der Waals surface area contributed by atoms with Crippen LogP contribution in [0.2, 0.25) is 0 Å². The smallest absolute Gasteiger partial charge is 0.324 e. The normalized spacial score (nSPS) is 13.6. The SMILES string of the molecule is COc1ccc(C(=O)Nc2ccc(OC)c(N3CCCN(Cc4ccccc4F)C3=O)c2)cc1. The fourth-order valence-electron chi connectivity index (χ4n) is 3.91. The summed E-state index contributed by atoms with van der Waals surface area (Å²) in [5.74, 6) is 0.536. The van der Waals surface area contributed by atoms with Gasteiger partial charge in [0.15, 0.2) is 0 Å². The number of halogens is 1. The maximum atomic E-state index is 14.1. The van der Waals surface area contributed by atoms with Gasteiger partial charge in [-0.2, -0.15) is 0 Å². The number of ether oxygens (including phenoxy) is 2. The van der Waals surface area contributed by atoms with E-state index in [0.717, 1.165) is 0 Å².